The molecule has 3 heterocycles. The van der Waals surface area contributed by atoms with Crippen LogP contribution in [0.5, 0.6) is 0 Å². The van der Waals surface area contributed by atoms with Crippen molar-refractivity contribution >= 4 is 29.5 Å². The summed E-state index contributed by atoms with van der Waals surface area (Å²) in [6.07, 6.45) is 12.4. The Morgan fingerprint density at radius 1 is 0.750 bits per heavy atom. The van der Waals surface area contributed by atoms with Gasteiger partial charge < -0.3 is 38.5 Å². The van der Waals surface area contributed by atoms with Crippen molar-refractivity contribution in [2.75, 3.05) is 31.9 Å². The zero-order chi connectivity index (χ0) is 39.2. The van der Waals surface area contributed by atoms with E-state index in [1.165, 1.54) is 44.1 Å². The van der Waals surface area contributed by atoms with Crippen molar-refractivity contribution in [3.8, 4) is 0 Å². The van der Waals surface area contributed by atoms with Gasteiger partial charge >= 0.3 is 0 Å². The fourth-order valence-corrected chi connectivity index (χ4v) is 6.15. The first-order chi connectivity index (χ1) is 24.5. The van der Waals surface area contributed by atoms with Crippen LogP contribution in [0.15, 0.2) is 41.5 Å². The van der Waals surface area contributed by atoms with Gasteiger partial charge in [0.1, 0.15) is 0 Å². The predicted molar refractivity (Wildman–Crippen MR) is 221 cm³/mol. The minimum atomic E-state index is 0.0987. The molecule has 2 aliphatic heterocycles. The molecule has 2 fully saturated rings. The first-order valence-corrected chi connectivity index (χ1v) is 19.4. The van der Waals surface area contributed by atoms with Crippen LogP contribution in [0.1, 0.15) is 112 Å². The van der Waals surface area contributed by atoms with Gasteiger partial charge in [0.2, 0.25) is 5.95 Å². The van der Waals surface area contributed by atoms with Crippen LogP contribution in [0.3, 0.4) is 0 Å². The lowest BCUT2D eigenvalue weighted by Gasteiger charge is -2.33. The Labute approximate surface area is 315 Å². The first-order valence-electron chi connectivity index (χ1n) is 19.4. The van der Waals surface area contributed by atoms with E-state index in [1.807, 2.05) is 28.0 Å². The number of anilines is 1. The third-order valence-corrected chi connectivity index (χ3v) is 9.48. The molecule has 12 N–H and O–H groups in total. The molecule has 2 aromatic rings. The van der Waals surface area contributed by atoms with Crippen molar-refractivity contribution in [3.63, 3.8) is 0 Å². The summed E-state index contributed by atoms with van der Waals surface area (Å²) in [6.45, 7) is 21.8. The molecule has 0 aliphatic carbocycles. The highest BCUT2D eigenvalue weighted by Gasteiger charge is 2.22. The topological polar surface area (TPSA) is 222 Å². The Morgan fingerprint density at radius 3 is 1.69 bits per heavy atom. The lowest BCUT2D eigenvalue weighted by atomic mass is 9.87. The van der Waals surface area contributed by atoms with E-state index in [2.05, 4.69) is 82.5 Å². The lowest BCUT2D eigenvalue weighted by molar-refractivity contribution is 0.218. The fraction of sp³-hybridized carbons (Fsp3) is 0.675. The Hall–Kier alpha value is -4.09. The summed E-state index contributed by atoms with van der Waals surface area (Å²) >= 11 is 0. The van der Waals surface area contributed by atoms with Crippen LogP contribution in [0.4, 0.5) is 11.6 Å². The average molecular weight is 723 g/mol. The molecule has 4 rings (SSSR count). The molecule has 0 saturated carbocycles. The third-order valence-electron chi connectivity index (χ3n) is 9.48. The van der Waals surface area contributed by atoms with Crippen molar-refractivity contribution in [3.05, 3.63) is 47.8 Å². The normalized spacial score (nSPS) is 14.9. The number of piperidine rings is 2. The molecule has 0 unspecified atom stereocenters. The molecule has 12 nitrogen and oxygen atoms in total. The van der Waals surface area contributed by atoms with Crippen molar-refractivity contribution < 1.29 is 0 Å². The maximum Gasteiger partial charge on any atom is 0.220 e. The van der Waals surface area contributed by atoms with Crippen LogP contribution in [0, 0.1) is 46.3 Å². The summed E-state index contributed by atoms with van der Waals surface area (Å²) in [5, 5.41) is 14.6. The summed E-state index contributed by atoms with van der Waals surface area (Å²) in [5.74, 6) is 5.63. The van der Waals surface area contributed by atoms with Crippen LogP contribution in [-0.4, -0.2) is 63.8 Å². The second kappa shape index (κ2) is 25.0. The van der Waals surface area contributed by atoms with Gasteiger partial charge in [0.05, 0.1) is 5.69 Å². The number of aromatic nitrogens is 2. The number of aliphatic imine (C=N–C) groups is 1. The zero-order valence-corrected chi connectivity index (χ0v) is 33.7. The fourth-order valence-electron chi connectivity index (χ4n) is 6.15. The van der Waals surface area contributed by atoms with Gasteiger partial charge in [-0.05, 0) is 104 Å². The highest BCUT2D eigenvalue weighted by molar-refractivity contribution is 5.79. The van der Waals surface area contributed by atoms with Gasteiger partial charge in [-0.1, -0.05) is 80.4 Å². The molecule has 0 spiro atoms. The molecule has 0 bridgehead atoms. The molecular formula is C40H74N12. The maximum atomic E-state index is 7.33. The molecule has 2 aliphatic rings. The van der Waals surface area contributed by atoms with Gasteiger partial charge in [-0.3, -0.25) is 10.8 Å². The van der Waals surface area contributed by atoms with Crippen molar-refractivity contribution in [1.82, 2.24) is 19.8 Å². The van der Waals surface area contributed by atoms with Crippen LogP contribution < -0.4 is 28.7 Å². The molecule has 294 valence electrons. The summed E-state index contributed by atoms with van der Waals surface area (Å²) in [6, 6.07) is 9.89. The van der Waals surface area contributed by atoms with E-state index in [0.29, 0.717) is 17.8 Å². The van der Waals surface area contributed by atoms with E-state index in [0.717, 1.165) is 80.5 Å². The standard InChI is InChI=1S/C11H17N3.C11H23N3.C9H19N3.C9H15N3/c1-8(2)7-9-3-5-10(6-4-9)14-11(12)13;1-9(2)3-4-10-5-7-14(8-6-10)11(12)13;1-7(2)8-3-5-12(6-4-8)9(10)11;1-7(2)3-4-8-5-6-11-9(10)12-8/h3-6,8H,7H2,1-2H3,(H4,12,13,14);9-10H,3-8H2,1-2H3,(H3,12,13);7-8H,3-6H2,1-2H3,(H3,10,11);5-7H,3-4H2,1-2H3,(H2,10,11,12). The summed E-state index contributed by atoms with van der Waals surface area (Å²) in [5.41, 5.74) is 30.0. The van der Waals surface area contributed by atoms with E-state index < -0.39 is 0 Å². The van der Waals surface area contributed by atoms with E-state index in [1.54, 1.807) is 6.20 Å². The molecule has 0 amide bonds. The van der Waals surface area contributed by atoms with Gasteiger partial charge in [0.15, 0.2) is 17.9 Å². The van der Waals surface area contributed by atoms with Gasteiger partial charge in [-0.2, -0.15) is 0 Å². The number of nitrogen functional groups attached to an aromatic ring is 1. The first kappa shape index (κ1) is 45.9. The maximum absolute atomic E-state index is 7.33. The largest absolute Gasteiger partial charge is 0.370 e. The van der Waals surface area contributed by atoms with Crippen LogP contribution in [0.25, 0.3) is 0 Å². The number of benzene rings is 1. The molecule has 12 heteroatoms. The van der Waals surface area contributed by atoms with Gasteiger partial charge in [-0.25, -0.2) is 15.0 Å². The molecule has 52 heavy (non-hydrogen) atoms. The molecule has 1 aromatic heterocycles. The predicted octanol–water partition coefficient (Wildman–Crippen LogP) is 6.71. The van der Waals surface area contributed by atoms with Gasteiger partial charge in [0, 0.05) is 38.1 Å². The minimum absolute atomic E-state index is 0.0987. The van der Waals surface area contributed by atoms with Gasteiger partial charge in [-0.15, -0.1) is 0 Å². The highest BCUT2D eigenvalue weighted by atomic mass is 15.2. The van der Waals surface area contributed by atoms with E-state index in [9.17, 15) is 0 Å². The zero-order valence-electron chi connectivity index (χ0n) is 33.7. The van der Waals surface area contributed by atoms with E-state index >= 15 is 0 Å². The average Bonchev–Trinajstić information content (AvgIpc) is 3.08. The van der Waals surface area contributed by atoms with E-state index in [-0.39, 0.29) is 17.9 Å². The molecule has 0 atom stereocenters. The Morgan fingerprint density at radius 2 is 1.27 bits per heavy atom. The number of nitrogens with two attached hydrogens (primary N) is 5. The van der Waals surface area contributed by atoms with Crippen LogP contribution in [0.2, 0.25) is 0 Å². The third kappa shape index (κ3) is 21.3. The second-order valence-corrected chi connectivity index (χ2v) is 15.9. The van der Waals surface area contributed by atoms with Crippen LogP contribution in [-0.2, 0) is 12.8 Å². The summed E-state index contributed by atoms with van der Waals surface area (Å²) in [7, 11) is 0. The van der Waals surface area contributed by atoms with E-state index in [4.69, 9.17) is 39.5 Å². The molecule has 0 radical (unpaired) electrons. The summed E-state index contributed by atoms with van der Waals surface area (Å²) < 4.78 is 0. The summed E-state index contributed by atoms with van der Waals surface area (Å²) in [4.78, 5) is 15.8. The SMILES string of the molecule is CC(C)C1CCN(C(=N)N)CC1.CC(C)CCC1CCN(C(=N)N)CC1.CC(C)CCc1ccnc(N)n1.CC(C)Cc1ccc(N=C(N)N)cc1. The lowest BCUT2D eigenvalue weighted by Crippen LogP contribution is -2.42. The number of nitrogens with one attached hydrogen (secondary N) is 2. The number of hydrogen-bond acceptors (Lipinski definition) is 6. The number of aryl methyl sites for hydroxylation is 1. The molecule has 1 aromatic carbocycles. The van der Waals surface area contributed by atoms with Crippen molar-refractivity contribution in [1.29, 1.82) is 10.8 Å². The monoisotopic (exact) mass is 723 g/mol. The minimum Gasteiger partial charge on any atom is -0.370 e. The number of likely N-dealkylation sites (tertiary alicyclic amines) is 2. The Bertz CT molecular complexity index is 1290. The van der Waals surface area contributed by atoms with Crippen molar-refractivity contribution in [2.24, 2.45) is 63.4 Å². The Kier molecular flexibility index (Phi) is 22.1. The highest BCUT2D eigenvalue weighted by Crippen LogP contribution is 2.24. The number of rotatable bonds is 10. The number of hydrogen-bond donors (Lipinski definition) is 7. The number of guanidine groups is 3. The van der Waals surface area contributed by atoms with Gasteiger partial charge in [0.25, 0.3) is 0 Å². The smallest absolute Gasteiger partial charge is 0.220 e. The number of nitrogens with zero attached hydrogens (tertiary/aromatic N) is 5. The van der Waals surface area contributed by atoms with Crippen LogP contribution >= 0.6 is 0 Å². The van der Waals surface area contributed by atoms with Crippen molar-refractivity contribution in [2.45, 2.75) is 113 Å². The second-order valence-electron chi connectivity index (χ2n) is 15.9. The molecular weight excluding hydrogens is 649 g/mol. The molecule has 2 saturated heterocycles. The quantitative estimate of drug-likeness (QED) is 0.102. The Balaban J connectivity index is 0.000000348.